The fraction of sp³-hybridized carbons (Fsp3) is 0.690. The van der Waals surface area contributed by atoms with Crippen molar-refractivity contribution in [2.45, 2.75) is 118 Å². The Kier molecular flexibility index (Phi) is 10.1. The highest BCUT2D eigenvalue weighted by Crippen LogP contribution is 2.67. The Morgan fingerprint density at radius 1 is 0.959 bits per heavy atom. The summed E-state index contributed by atoms with van der Waals surface area (Å²) < 4.78 is 8.75. The molecule has 0 aliphatic heterocycles. The molecule has 1 heterocycles. The molecule has 3 saturated carbocycles. The lowest BCUT2D eigenvalue weighted by Crippen LogP contribution is -2.51. The molecule has 1 amide bonds. The highest BCUT2D eigenvalue weighted by molar-refractivity contribution is 5.87. The Labute approximate surface area is 294 Å². The van der Waals surface area contributed by atoms with Crippen LogP contribution in [0.1, 0.15) is 111 Å². The third kappa shape index (κ3) is 6.72. The Morgan fingerprint density at radius 3 is 2.41 bits per heavy atom. The number of allylic oxidation sites excluding steroid dienone is 1. The molecule has 1 aromatic carbocycles. The van der Waals surface area contributed by atoms with E-state index in [0.717, 1.165) is 76.5 Å². The van der Waals surface area contributed by atoms with Crippen LogP contribution in [0.25, 0.3) is 0 Å². The normalized spacial score (nSPS) is 32.0. The summed E-state index contributed by atoms with van der Waals surface area (Å²) in [6.07, 6.45) is 16.0. The maximum atomic E-state index is 13.3. The van der Waals surface area contributed by atoms with Crippen LogP contribution in [-0.2, 0) is 18.3 Å². The zero-order valence-corrected chi connectivity index (χ0v) is 31.4. The number of ether oxygens (including phenoxy) is 1. The van der Waals surface area contributed by atoms with Crippen LogP contribution in [-0.4, -0.2) is 28.4 Å². The van der Waals surface area contributed by atoms with Crippen molar-refractivity contribution in [2.75, 3.05) is 11.9 Å². The topological polar surface area (TPSA) is 73.5 Å². The molecule has 0 unspecified atom stereocenters. The van der Waals surface area contributed by atoms with Crippen molar-refractivity contribution >= 4 is 11.8 Å². The number of anilines is 1. The molecule has 0 radical (unpaired) electrons. The Bertz CT molecular complexity index is 1650. The van der Waals surface area contributed by atoms with Gasteiger partial charge in [-0.1, -0.05) is 78.2 Å². The second-order valence-electron chi connectivity index (χ2n) is 17.4. The van der Waals surface area contributed by atoms with Gasteiger partial charge in [0.15, 0.2) is 0 Å². The molecule has 4 aliphatic carbocycles. The lowest BCUT2D eigenvalue weighted by atomic mass is 9.47. The van der Waals surface area contributed by atoms with Crippen LogP contribution in [0.4, 0.5) is 10.5 Å². The maximum absolute atomic E-state index is 13.3. The predicted octanol–water partition coefficient (Wildman–Crippen LogP) is 8.82. The molecule has 2 aromatic rings. The van der Waals surface area contributed by atoms with Gasteiger partial charge in [-0.15, -0.1) is 0 Å². The molecule has 49 heavy (non-hydrogen) atoms. The molecule has 1 aromatic heterocycles. The monoisotopic (exact) mass is 671 g/mol. The van der Waals surface area contributed by atoms with Gasteiger partial charge in [0.2, 0.25) is 0 Å². The summed E-state index contributed by atoms with van der Waals surface area (Å²) >= 11 is 0. The molecule has 4 aliphatic rings. The number of hydrogen-bond donors (Lipinski definition) is 0. The smallest absolute Gasteiger partial charge is 0.414 e. The minimum absolute atomic E-state index is 0.0968. The number of carbonyl (C=O) groups is 1. The molecule has 0 bridgehead atoms. The number of nitrogens with zero attached hydrogens (tertiary/aromatic N) is 3. The van der Waals surface area contributed by atoms with Gasteiger partial charge in [0.25, 0.3) is 5.56 Å². The van der Waals surface area contributed by atoms with E-state index < -0.39 is 0 Å². The average molecular weight is 672 g/mol. The van der Waals surface area contributed by atoms with Gasteiger partial charge >= 0.3 is 11.8 Å². The molecule has 0 spiro atoms. The first-order chi connectivity index (χ1) is 23.2. The predicted molar refractivity (Wildman–Crippen MR) is 198 cm³/mol. The van der Waals surface area contributed by atoms with Crippen molar-refractivity contribution in [1.82, 2.24) is 9.13 Å². The number of amides is 1. The number of fused-ring (bicyclic) bond motifs is 5. The van der Waals surface area contributed by atoms with Crippen LogP contribution in [0.5, 0.6) is 0 Å². The molecule has 6 rings (SSSR count). The van der Waals surface area contributed by atoms with Crippen LogP contribution >= 0.6 is 0 Å². The van der Waals surface area contributed by atoms with Gasteiger partial charge in [0.1, 0.15) is 6.10 Å². The second-order valence-corrected chi connectivity index (χ2v) is 17.4. The van der Waals surface area contributed by atoms with Crippen LogP contribution in [0.15, 0.2) is 57.8 Å². The first-order valence-corrected chi connectivity index (χ1v) is 19.2. The summed E-state index contributed by atoms with van der Waals surface area (Å²) in [6.45, 7) is 15.3. The third-order valence-electron chi connectivity index (χ3n) is 14.5. The quantitative estimate of drug-likeness (QED) is 0.250. The van der Waals surface area contributed by atoms with Crippen molar-refractivity contribution in [1.29, 1.82) is 0 Å². The molecular weight excluding hydrogens is 610 g/mol. The van der Waals surface area contributed by atoms with Crippen molar-refractivity contribution in [3.05, 3.63) is 74.6 Å². The van der Waals surface area contributed by atoms with E-state index in [0.29, 0.717) is 12.0 Å². The molecule has 3 fully saturated rings. The summed E-state index contributed by atoms with van der Waals surface area (Å²) in [5.74, 6) is 5.65. The van der Waals surface area contributed by atoms with Crippen molar-refractivity contribution in [3.8, 4) is 0 Å². The van der Waals surface area contributed by atoms with Crippen molar-refractivity contribution < 1.29 is 9.53 Å². The summed E-state index contributed by atoms with van der Waals surface area (Å²) in [4.78, 5) is 39.1. The van der Waals surface area contributed by atoms with Crippen molar-refractivity contribution in [3.63, 3.8) is 0 Å². The standard InChI is InChI=1S/C42H61N3O4/c1-27(2)28(3)9-10-29(4)35-17-18-36-34-16-13-31-25-33(19-22-41(31,5)37(34)20-23-42(35,36)6)49-40(48)43(7)32-14-11-30(12-15-32)26-45-24-21-38(46)44(8)39(45)47/h11-15,21,24,27-29,33-37H,9-10,16-20,22-23,25-26H2,1-8H3/t28-,29+,33-,34-,35+,36-,37-,41-,42+/m0/s1. The Morgan fingerprint density at radius 2 is 1.69 bits per heavy atom. The van der Waals surface area contributed by atoms with E-state index in [-0.39, 0.29) is 28.9 Å². The summed E-state index contributed by atoms with van der Waals surface area (Å²) in [5.41, 5.74) is 3.21. The molecular formula is C42H61N3O4. The van der Waals surface area contributed by atoms with Gasteiger partial charge < -0.3 is 4.74 Å². The summed E-state index contributed by atoms with van der Waals surface area (Å²) in [5, 5.41) is 0. The number of carbonyl (C=O) groups excluding carboxylic acids is 1. The summed E-state index contributed by atoms with van der Waals surface area (Å²) in [7, 11) is 3.23. The first kappa shape index (κ1) is 35.7. The lowest BCUT2D eigenvalue weighted by molar-refractivity contribution is -0.0580. The number of aromatic nitrogens is 2. The van der Waals surface area contributed by atoms with E-state index in [1.165, 1.54) is 74.4 Å². The van der Waals surface area contributed by atoms with E-state index in [9.17, 15) is 14.4 Å². The van der Waals surface area contributed by atoms with E-state index in [1.807, 2.05) is 24.3 Å². The van der Waals surface area contributed by atoms with Crippen LogP contribution in [0.3, 0.4) is 0 Å². The molecule has 0 saturated heterocycles. The molecule has 9 atom stereocenters. The van der Waals surface area contributed by atoms with Gasteiger partial charge in [-0.05, 0) is 115 Å². The third-order valence-corrected chi connectivity index (χ3v) is 14.5. The molecule has 7 nitrogen and oxygen atoms in total. The highest BCUT2D eigenvalue weighted by atomic mass is 16.6. The maximum Gasteiger partial charge on any atom is 0.414 e. The highest BCUT2D eigenvalue weighted by Gasteiger charge is 2.59. The van der Waals surface area contributed by atoms with E-state index in [2.05, 4.69) is 47.6 Å². The SMILES string of the molecule is CC(C)[C@@H](C)CC[C@@H](C)[C@H]1CC[C@H]2[C@@H]3CC=C4C[C@@H](OC(=O)N(C)c5ccc(Cn6ccc(=O)n(C)c6=O)cc5)CC[C@]4(C)[C@H]3CC[C@]12C. The fourth-order valence-electron chi connectivity index (χ4n) is 10.8. The van der Waals surface area contributed by atoms with Gasteiger partial charge in [-0.3, -0.25) is 18.8 Å². The summed E-state index contributed by atoms with van der Waals surface area (Å²) in [6, 6.07) is 8.95. The van der Waals surface area contributed by atoms with E-state index >= 15 is 0 Å². The van der Waals surface area contributed by atoms with Crippen molar-refractivity contribution in [2.24, 2.45) is 59.3 Å². The van der Waals surface area contributed by atoms with Crippen LogP contribution in [0.2, 0.25) is 0 Å². The van der Waals surface area contributed by atoms with E-state index in [1.54, 1.807) is 11.9 Å². The minimum Gasteiger partial charge on any atom is -0.446 e. The van der Waals surface area contributed by atoms with Gasteiger partial charge in [-0.2, -0.15) is 0 Å². The van der Waals surface area contributed by atoms with Crippen LogP contribution in [0, 0.1) is 52.3 Å². The Hall–Kier alpha value is -3.09. The molecule has 7 heteroatoms. The van der Waals surface area contributed by atoms with Gasteiger partial charge in [0, 0.05) is 38.5 Å². The van der Waals surface area contributed by atoms with E-state index in [4.69, 9.17) is 4.74 Å². The minimum atomic E-state index is -0.356. The lowest BCUT2D eigenvalue weighted by Gasteiger charge is -2.58. The number of rotatable bonds is 9. The van der Waals surface area contributed by atoms with Gasteiger partial charge in [-0.25, -0.2) is 9.59 Å². The Balaban J connectivity index is 1.06. The second kappa shape index (κ2) is 13.9. The number of benzene rings is 1. The largest absolute Gasteiger partial charge is 0.446 e. The number of hydrogen-bond acceptors (Lipinski definition) is 4. The van der Waals surface area contributed by atoms with Crippen LogP contribution < -0.4 is 16.1 Å². The zero-order valence-electron chi connectivity index (χ0n) is 31.4. The zero-order chi connectivity index (χ0) is 35.2. The molecule has 268 valence electrons. The fourth-order valence-corrected chi connectivity index (χ4v) is 10.8. The molecule has 0 N–H and O–H groups in total. The average Bonchev–Trinajstić information content (AvgIpc) is 3.44. The first-order valence-electron chi connectivity index (χ1n) is 19.2. The van der Waals surface area contributed by atoms with Gasteiger partial charge in [0.05, 0.1) is 6.54 Å².